The first-order chi connectivity index (χ1) is 12.4. The van der Waals surface area contributed by atoms with E-state index in [0.29, 0.717) is 5.69 Å². The van der Waals surface area contributed by atoms with Gasteiger partial charge in [-0.15, -0.1) is 0 Å². The number of hydrogen-bond acceptors (Lipinski definition) is 5. The molecule has 0 bridgehead atoms. The second kappa shape index (κ2) is 8.79. The van der Waals surface area contributed by atoms with Crippen LogP contribution in [0.2, 0.25) is 0 Å². The molecule has 0 aromatic heterocycles. The number of nitrogens with one attached hydrogen (secondary N) is 2. The molecule has 2 N–H and O–H groups in total. The summed E-state index contributed by atoms with van der Waals surface area (Å²) in [6.07, 6.45) is -1.02. The van der Waals surface area contributed by atoms with E-state index < -0.39 is 22.2 Å². The lowest BCUT2D eigenvalue weighted by molar-refractivity contribution is 0.107. The minimum Gasteiger partial charge on any atom is -0.453 e. The molecule has 2 aromatic rings. The number of carbonyl (C=O) groups excluding carboxylic acids is 1. The second-order valence-corrected chi connectivity index (χ2v) is 7.34. The third-order valence-electron chi connectivity index (χ3n) is 3.88. The zero-order valence-corrected chi connectivity index (χ0v) is 15.7. The highest BCUT2D eigenvalue weighted by Gasteiger charge is 2.19. The van der Waals surface area contributed by atoms with Crippen molar-refractivity contribution in [2.45, 2.75) is 17.9 Å². The topological polar surface area (TPSA) is 93.7 Å². The first-order valence-corrected chi connectivity index (χ1v) is 9.38. The first kappa shape index (κ1) is 19.9. The fourth-order valence-electron chi connectivity index (χ4n) is 2.42. The Labute approximate surface area is 153 Å². The number of benzene rings is 2. The van der Waals surface area contributed by atoms with Crippen molar-refractivity contribution < 1.29 is 22.7 Å². The number of methoxy groups -OCH3 is 2. The van der Waals surface area contributed by atoms with E-state index in [1.54, 1.807) is 7.11 Å². The van der Waals surface area contributed by atoms with Crippen LogP contribution in [0.1, 0.15) is 17.2 Å². The van der Waals surface area contributed by atoms with Gasteiger partial charge in [0.05, 0.1) is 18.1 Å². The molecule has 0 spiro atoms. The molecule has 2 aromatic carbocycles. The molecule has 2 rings (SSSR count). The maximum Gasteiger partial charge on any atom is 0.411 e. The fraction of sp³-hybridized carbons (Fsp3) is 0.278. The number of carbonyl (C=O) groups is 1. The zero-order valence-electron chi connectivity index (χ0n) is 14.9. The van der Waals surface area contributed by atoms with Gasteiger partial charge in [-0.25, -0.2) is 17.9 Å². The number of ether oxygens (including phenoxy) is 2. The first-order valence-electron chi connectivity index (χ1n) is 7.90. The van der Waals surface area contributed by atoms with Crippen molar-refractivity contribution in [1.29, 1.82) is 0 Å². The van der Waals surface area contributed by atoms with Crippen molar-refractivity contribution in [2.24, 2.45) is 0 Å². The lowest BCUT2D eigenvalue weighted by Crippen LogP contribution is -2.29. The molecule has 0 radical (unpaired) electrons. The highest BCUT2D eigenvalue weighted by molar-refractivity contribution is 7.89. The van der Waals surface area contributed by atoms with E-state index >= 15 is 0 Å². The number of aryl methyl sites for hydroxylation is 1. The number of amides is 1. The van der Waals surface area contributed by atoms with Crippen molar-refractivity contribution in [1.82, 2.24) is 4.72 Å². The molecule has 0 fully saturated rings. The summed E-state index contributed by atoms with van der Waals surface area (Å²) in [5.74, 6) is 0. The van der Waals surface area contributed by atoms with Crippen LogP contribution < -0.4 is 10.0 Å². The van der Waals surface area contributed by atoms with Gasteiger partial charge in [0.15, 0.2) is 0 Å². The summed E-state index contributed by atoms with van der Waals surface area (Å²) in [5, 5.41) is 2.46. The lowest BCUT2D eigenvalue weighted by atomic mass is 10.0. The number of anilines is 1. The van der Waals surface area contributed by atoms with Crippen LogP contribution in [0.15, 0.2) is 53.4 Å². The van der Waals surface area contributed by atoms with E-state index in [4.69, 9.17) is 4.74 Å². The Morgan fingerprint density at radius 2 is 1.73 bits per heavy atom. The molecule has 140 valence electrons. The van der Waals surface area contributed by atoms with E-state index in [1.807, 2.05) is 31.2 Å². The van der Waals surface area contributed by atoms with Crippen LogP contribution in [0.5, 0.6) is 0 Å². The number of rotatable bonds is 7. The molecular formula is C18H22N2O5S. The monoisotopic (exact) mass is 378 g/mol. The molecule has 8 heteroatoms. The van der Waals surface area contributed by atoms with Gasteiger partial charge in [0.2, 0.25) is 10.0 Å². The van der Waals surface area contributed by atoms with Crippen LogP contribution in [0.4, 0.5) is 10.5 Å². The van der Waals surface area contributed by atoms with Crippen LogP contribution >= 0.6 is 0 Å². The van der Waals surface area contributed by atoms with E-state index in [0.717, 1.165) is 11.1 Å². The maximum absolute atomic E-state index is 12.5. The van der Waals surface area contributed by atoms with Crippen LogP contribution in [-0.2, 0) is 19.5 Å². The van der Waals surface area contributed by atoms with Gasteiger partial charge in [0.25, 0.3) is 0 Å². The third kappa shape index (κ3) is 5.04. The zero-order chi connectivity index (χ0) is 19.2. The average Bonchev–Trinajstić information content (AvgIpc) is 2.64. The number of sulfonamides is 1. The van der Waals surface area contributed by atoms with Gasteiger partial charge in [-0.3, -0.25) is 5.32 Å². The summed E-state index contributed by atoms with van der Waals surface area (Å²) in [7, 11) is -0.922. The molecule has 0 aliphatic rings. The van der Waals surface area contributed by atoms with Gasteiger partial charge >= 0.3 is 6.09 Å². The summed E-state index contributed by atoms with van der Waals surface area (Å²) < 4.78 is 37.4. The van der Waals surface area contributed by atoms with Crippen molar-refractivity contribution in [3.05, 3.63) is 59.7 Å². The smallest absolute Gasteiger partial charge is 0.411 e. The minimum absolute atomic E-state index is 0.0903. The van der Waals surface area contributed by atoms with Gasteiger partial charge in [-0.2, -0.15) is 0 Å². The van der Waals surface area contributed by atoms with E-state index in [1.165, 1.54) is 31.4 Å². The van der Waals surface area contributed by atoms with E-state index in [2.05, 4.69) is 14.8 Å². The standard InChI is InChI=1S/C18H22N2O5S/c1-13-6-4-5-7-16(13)17(24-2)12-19-26(22,23)15-10-8-14(9-11-15)20-18(21)25-3/h4-11,17,19H,12H2,1-3H3,(H,20,21)/t17-/m0/s1. The third-order valence-corrected chi connectivity index (χ3v) is 5.31. The SMILES string of the molecule is COC(=O)Nc1ccc(S(=O)(=O)NC[C@H](OC)c2ccccc2C)cc1. The van der Waals surface area contributed by atoms with Gasteiger partial charge in [0.1, 0.15) is 0 Å². The Balaban J connectivity index is 2.08. The van der Waals surface area contributed by atoms with E-state index in [-0.39, 0.29) is 11.4 Å². The Hall–Kier alpha value is -2.42. The molecule has 7 nitrogen and oxygen atoms in total. The molecule has 0 aliphatic carbocycles. The molecule has 0 unspecified atom stereocenters. The summed E-state index contributed by atoms with van der Waals surface area (Å²) in [4.78, 5) is 11.2. The number of hydrogen-bond donors (Lipinski definition) is 2. The van der Waals surface area contributed by atoms with E-state index in [9.17, 15) is 13.2 Å². The van der Waals surface area contributed by atoms with Crippen LogP contribution in [0, 0.1) is 6.92 Å². The van der Waals surface area contributed by atoms with Crippen molar-refractivity contribution in [3.63, 3.8) is 0 Å². The molecule has 26 heavy (non-hydrogen) atoms. The summed E-state index contributed by atoms with van der Waals surface area (Å²) in [6, 6.07) is 13.4. The van der Waals surface area contributed by atoms with Crippen molar-refractivity contribution in [3.8, 4) is 0 Å². The Bertz CT molecular complexity index is 850. The van der Waals surface area contributed by atoms with Gasteiger partial charge < -0.3 is 9.47 Å². The molecular weight excluding hydrogens is 356 g/mol. The van der Waals surface area contributed by atoms with Gasteiger partial charge in [-0.05, 0) is 42.3 Å². The molecule has 0 aliphatic heterocycles. The second-order valence-electron chi connectivity index (χ2n) is 5.57. The predicted molar refractivity (Wildman–Crippen MR) is 98.6 cm³/mol. The summed E-state index contributed by atoms with van der Waals surface area (Å²) >= 11 is 0. The van der Waals surface area contributed by atoms with Crippen LogP contribution in [0.25, 0.3) is 0 Å². The quantitative estimate of drug-likeness (QED) is 0.773. The maximum atomic E-state index is 12.5. The molecule has 1 atom stereocenters. The van der Waals surface area contributed by atoms with Crippen LogP contribution in [0.3, 0.4) is 0 Å². The Morgan fingerprint density at radius 3 is 2.31 bits per heavy atom. The lowest BCUT2D eigenvalue weighted by Gasteiger charge is -2.18. The molecule has 0 saturated carbocycles. The molecule has 0 heterocycles. The van der Waals surface area contributed by atoms with Gasteiger partial charge in [-0.1, -0.05) is 24.3 Å². The average molecular weight is 378 g/mol. The van der Waals surface area contributed by atoms with Crippen molar-refractivity contribution >= 4 is 21.8 Å². The molecule has 0 saturated heterocycles. The van der Waals surface area contributed by atoms with Gasteiger partial charge in [0, 0.05) is 19.3 Å². The predicted octanol–water partition coefficient (Wildman–Crippen LogP) is 2.84. The van der Waals surface area contributed by atoms with Crippen LogP contribution in [-0.4, -0.2) is 35.3 Å². The fourth-order valence-corrected chi connectivity index (χ4v) is 3.46. The molecule has 1 amide bonds. The highest BCUT2D eigenvalue weighted by atomic mass is 32.2. The largest absolute Gasteiger partial charge is 0.453 e. The normalized spacial score (nSPS) is 12.4. The summed E-state index contributed by atoms with van der Waals surface area (Å²) in [5.41, 5.74) is 2.39. The summed E-state index contributed by atoms with van der Waals surface area (Å²) in [6.45, 7) is 2.05. The minimum atomic E-state index is -3.71. The highest BCUT2D eigenvalue weighted by Crippen LogP contribution is 2.21. The Morgan fingerprint density at radius 1 is 1.08 bits per heavy atom. The van der Waals surface area contributed by atoms with Crippen molar-refractivity contribution in [2.75, 3.05) is 26.1 Å². The Kier molecular flexibility index (Phi) is 6.73.